The van der Waals surface area contributed by atoms with E-state index in [1.54, 1.807) is 36.5 Å². The van der Waals surface area contributed by atoms with Gasteiger partial charge in [0.1, 0.15) is 17.3 Å². The van der Waals surface area contributed by atoms with Gasteiger partial charge < -0.3 is 24.4 Å². The topological polar surface area (TPSA) is 92.2 Å². The molecule has 1 fully saturated rings. The Labute approximate surface area is 204 Å². The van der Waals surface area contributed by atoms with Gasteiger partial charge in [-0.1, -0.05) is 18.2 Å². The fourth-order valence-electron chi connectivity index (χ4n) is 4.15. The van der Waals surface area contributed by atoms with Crippen LogP contribution in [-0.2, 0) is 16.1 Å². The number of nitrogens with zero attached hydrogens (tertiary/aromatic N) is 3. The van der Waals surface area contributed by atoms with Crippen LogP contribution in [0.15, 0.2) is 72.4 Å². The summed E-state index contributed by atoms with van der Waals surface area (Å²) in [6.45, 7) is 0.113. The number of carbonyl (C=O) groups is 2. The average molecular weight is 474 g/mol. The van der Waals surface area contributed by atoms with E-state index in [9.17, 15) is 14.7 Å². The zero-order chi connectivity index (χ0) is 25.1. The van der Waals surface area contributed by atoms with Crippen LogP contribution < -0.4 is 14.4 Å². The van der Waals surface area contributed by atoms with Crippen molar-refractivity contribution in [3.63, 3.8) is 0 Å². The lowest BCUT2D eigenvalue weighted by molar-refractivity contribution is -0.140. The lowest BCUT2D eigenvalue weighted by Gasteiger charge is -2.25. The minimum atomic E-state index is -0.806. The summed E-state index contributed by atoms with van der Waals surface area (Å²) in [4.78, 5) is 34.2. The third-order valence-electron chi connectivity index (χ3n) is 5.99. The molecule has 2 aromatic carbocycles. The number of pyridine rings is 1. The Morgan fingerprint density at radius 3 is 2.37 bits per heavy atom. The molecule has 0 saturated carbocycles. The predicted octanol–water partition coefficient (Wildman–Crippen LogP) is 3.79. The molecule has 1 saturated heterocycles. The standard InChI is InChI=1S/C27H27N3O5/c1-29(2)19-10-8-17(9-11-19)24-23(25(31)21-13-12-20(34-3)15-22(21)35-4)26(32)27(33)30(24)16-18-7-5-6-14-28-18/h5-15,24,31H,16H2,1-4H3/b25-23-. The highest BCUT2D eigenvalue weighted by molar-refractivity contribution is 6.46. The largest absolute Gasteiger partial charge is 0.507 e. The predicted molar refractivity (Wildman–Crippen MR) is 132 cm³/mol. The van der Waals surface area contributed by atoms with Gasteiger partial charge in [-0.2, -0.15) is 0 Å². The number of amides is 1. The molecule has 3 aromatic rings. The molecule has 35 heavy (non-hydrogen) atoms. The molecule has 1 N–H and O–H groups in total. The Balaban J connectivity index is 1.88. The molecule has 1 atom stereocenters. The molecule has 180 valence electrons. The van der Waals surface area contributed by atoms with Gasteiger partial charge in [-0.05, 0) is 42.0 Å². The first-order valence-corrected chi connectivity index (χ1v) is 11.0. The minimum absolute atomic E-state index is 0.00741. The van der Waals surface area contributed by atoms with Crippen LogP contribution in [0.2, 0.25) is 0 Å². The molecule has 1 amide bonds. The van der Waals surface area contributed by atoms with E-state index in [-0.39, 0.29) is 17.9 Å². The number of aromatic nitrogens is 1. The van der Waals surface area contributed by atoms with Crippen molar-refractivity contribution in [2.24, 2.45) is 0 Å². The van der Waals surface area contributed by atoms with Crippen LogP contribution in [0.3, 0.4) is 0 Å². The Morgan fingerprint density at radius 1 is 1.03 bits per heavy atom. The summed E-state index contributed by atoms with van der Waals surface area (Å²) in [7, 11) is 6.84. The lowest BCUT2D eigenvalue weighted by Crippen LogP contribution is -2.29. The number of ether oxygens (including phenoxy) is 2. The Kier molecular flexibility index (Phi) is 6.73. The molecule has 4 rings (SSSR count). The van der Waals surface area contributed by atoms with Crippen LogP contribution in [0.4, 0.5) is 5.69 Å². The van der Waals surface area contributed by atoms with Crippen molar-refractivity contribution < 1.29 is 24.2 Å². The van der Waals surface area contributed by atoms with E-state index in [0.29, 0.717) is 28.3 Å². The van der Waals surface area contributed by atoms with Gasteiger partial charge in [-0.3, -0.25) is 14.6 Å². The van der Waals surface area contributed by atoms with Gasteiger partial charge in [-0.25, -0.2) is 0 Å². The smallest absolute Gasteiger partial charge is 0.296 e. The van der Waals surface area contributed by atoms with Crippen LogP contribution in [0, 0.1) is 0 Å². The Hall–Kier alpha value is -4.33. The van der Waals surface area contributed by atoms with Gasteiger partial charge in [0.2, 0.25) is 0 Å². The first kappa shape index (κ1) is 23.8. The van der Waals surface area contributed by atoms with Crippen molar-refractivity contribution >= 4 is 23.1 Å². The van der Waals surface area contributed by atoms with Gasteiger partial charge in [0.25, 0.3) is 11.7 Å². The number of hydrogen-bond donors (Lipinski definition) is 1. The quantitative estimate of drug-likeness (QED) is 0.317. The highest BCUT2D eigenvalue weighted by Crippen LogP contribution is 2.42. The van der Waals surface area contributed by atoms with E-state index in [0.717, 1.165) is 5.69 Å². The van der Waals surface area contributed by atoms with Gasteiger partial charge in [0.15, 0.2) is 0 Å². The average Bonchev–Trinajstić information content (AvgIpc) is 3.13. The van der Waals surface area contributed by atoms with Crippen molar-refractivity contribution in [2.45, 2.75) is 12.6 Å². The number of rotatable bonds is 7. The maximum absolute atomic E-state index is 13.3. The van der Waals surface area contributed by atoms with Crippen LogP contribution in [0.1, 0.15) is 22.9 Å². The van der Waals surface area contributed by atoms with E-state index in [1.807, 2.05) is 49.3 Å². The van der Waals surface area contributed by atoms with Crippen LogP contribution in [-0.4, -0.2) is 55.0 Å². The number of likely N-dealkylation sites (tertiary alicyclic amines) is 1. The Bertz CT molecular complexity index is 1270. The fraction of sp³-hybridized carbons (Fsp3) is 0.222. The van der Waals surface area contributed by atoms with E-state index < -0.39 is 17.7 Å². The molecular formula is C27H27N3O5. The molecule has 2 heterocycles. The summed E-state index contributed by atoms with van der Waals surface area (Å²) < 4.78 is 10.7. The summed E-state index contributed by atoms with van der Waals surface area (Å²) in [5, 5.41) is 11.4. The number of aliphatic hydroxyl groups excluding tert-OH is 1. The molecule has 0 aliphatic carbocycles. The van der Waals surface area contributed by atoms with Crippen LogP contribution in [0.5, 0.6) is 11.5 Å². The maximum atomic E-state index is 13.3. The fourth-order valence-corrected chi connectivity index (χ4v) is 4.15. The van der Waals surface area contributed by atoms with E-state index in [1.165, 1.54) is 19.1 Å². The zero-order valence-corrected chi connectivity index (χ0v) is 20.1. The monoisotopic (exact) mass is 473 g/mol. The van der Waals surface area contributed by atoms with E-state index in [2.05, 4.69) is 4.98 Å². The first-order chi connectivity index (χ1) is 16.8. The zero-order valence-electron chi connectivity index (χ0n) is 20.1. The molecular weight excluding hydrogens is 446 g/mol. The lowest BCUT2D eigenvalue weighted by atomic mass is 9.94. The normalized spacial score (nSPS) is 16.9. The number of benzene rings is 2. The van der Waals surface area contributed by atoms with Gasteiger partial charge in [-0.15, -0.1) is 0 Å². The maximum Gasteiger partial charge on any atom is 0.296 e. The number of methoxy groups -OCH3 is 2. The molecule has 0 bridgehead atoms. The van der Waals surface area contributed by atoms with Gasteiger partial charge in [0, 0.05) is 32.0 Å². The highest BCUT2D eigenvalue weighted by Gasteiger charge is 2.46. The van der Waals surface area contributed by atoms with Crippen molar-refractivity contribution in [1.82, 2.24) is 9.88 Å². The van der Waals surface area contributed by atoms with Crippen LogP contribution in [0.25, 0.3) is 5.76 Å². The second-order valence-electron chi connectivity index (χ2n) is 8.30. The molecule has 1 aliphatic rings. The molecule has 1 aliphatic heterocycles. The number of carbonyl (C=O) groups excluding carboxylic acids is 2. The molecule has 1 aromatic heterocycles. The summed E-state index contributed by atoms with van der Waals surface area (Å²) in [5.41, 5.74) is 2.57. The van der Waals surface area contributed by atoms with Gasteiger partial charge in [0.05, 0.1) is 43.6 Å². The summed E-state index contributed by atoms with van der Waals surface area (Å²) in [6.07, 6.45) is 1.63. The van der Waals surface area contributed by atoms with Crippen molar-refractivity contribution in [1.29, 1.82) is 0 Å². The molecule has 8 nitrogen and oxygen atoms in total. The second kappa shape index (κ2) is 9.89. The SMILES string of the molecule is COc1ccc(/C(O)=C2/C(=O)C(=O)N(Cc3ccccn3)C2c2ccc(N(C)C)cc2)c(OC)c1. The van der Waals surface area contributed by atoms with Crippen molar-refractivity contribution in [3.8, 4) is 11.5 Å². The summed E-state index contributed by atoms with van der Waals surface area (Å²) in [6, 6.07) is 17.0. The number of hydrogen-bond acceptors (Lipinski definition) is 7. The summed E-state index contributed by atoms with van der Waals surface area (Å²) in [5.74, 6) is -0.929. The van der Waals surface area contributed by atoms with E-state index >= 15 is 0 Å². The number of anilines is 1. The van der Waals surface area contributed by atoms with Crippen molar-refractivity contribution in [2.75, 3.05) is 33.2 Å². The van der Waals surface area contributed by atoms with Crippen LogP contribution >= 0.6 is 0 Å². The summed E-state index contributed by atoms with van der Waals surface area (Å²) >= 11 is 0. The van der Waals surface area contributed by atoms with E-state index in [4.69, 9.17) is 9.47 Å². The minimum Gasteiger partial charge on any atom is -0.507 e. The Morgan fingerprint density at radius 2 is 1.77 bits per heavy atom. The molecule has 0 radical (unpaired) electrons. The first-order valence-electron chi connectivity index (χ1n) is 11.0. The molecule has 0 spiro atoms. The highest BCUT2D eigenvalue weighted by atomic mass is 16.5. The van der Waals surface area contributed by atoms with Gasteiger partial charge >= 0.3 is 0 Å². The number of aliphatic hydroxyl groups is 1. The number of Topliss-reactive ketones (excluding diaryl/α,β-unsaturated/α-hetero) is 1. The second-order valence-corrected chi connectivity index (χ2v) is 8.30. The third kappa shape index (κ3) is 4.55. The number of ketones is 1. The molecule has 8 heteroatoms. The third-order valence-corrected chi connectivity index (χ3v) is 5.99. The molecule has 1 unspecified atom stereocenters. The van der Waals surface area contributed by atoms with Crippen molar-refractivity contribution in [3.05, 3.63) is 89.3 Å².